The zero-order chi connectivity index (χ0) is 12.7. The summed E-state index contributed by atoms with van der Waals surface area (Å²) in [5, 5.41) is 11.6. The first-order valence-electron chi connectivity index (χ1n) is 5.97. The Morgan fingerprint density at radius 3 is 3.11 bits per heavy atom. The second kappa shape index (κ2) is 4.13. The van der Waals surface area contributed by atoms with E-state index in [0.717, 1.165) is 24.4 Å². The molecule has 0 fully saturated rings. The average Bonchev–Trinajstić information content (AvgIpc) is 2.78. The molecular formula is C12H14FN5. The van der Waals surface area contributed by atoms with Gasteiger partial charge in [0.15, 0.2) is 5.82 Å². The van der Waals surface area contributed by atoms with Gasteiger partial charge in [-0.15, -0.1) is 5.10 Å². The van der Waals surface area contributed by atoms with Crippen LogP contribution in [0.15, 0.2) is 12.3 Å². The molecule has 0 amide bonds. The van der Waals surface area contributed by atoms with Crippen LogP contribution in [0.4, 0.5) is 4.39 Å². The zero-order valence-corrected chi connectivity index (χ0v) is 10.3. The van der Waals surface area contributed by atoms with E-state index in [1.165, 1.54) is 6.20 Å². The number of halogens is 1. The number of hydrogen-bond acceptors (Lipinski definition) is 4. The molecule has 1 aliphatic rings. The topological polar surface area (TPSA) is 55.6 Å². The van der Waals surface area contributed by atoms with Crippen molar-refractivity contribution in [3.63, 3.8) is 0 Å². The Labute approximate surface area is 104 Å². The average molecular weight is 247 g/mol. The maximum atomic E-state index is 13.2. The third kappa shape index (κ3) is 1.69. The first-order chi connectivity index (χ1) is 8.66. The molecule has 0 saturated heterocycles. The zero-order valence-electron chi connectivity index (χ0n) is 10.3. The molecular weight excluding hydrogens is 233 g/mol. The number of aryl methyl sites for hydroxylation is 1. The van der Waals surface area contributed by atoms with Crippen LogP contribution in [-0.4, -0.2) is 26.5 Å². The third-order valence-corrected chi connectivity index (χ3v) is 3.27. The van der Waals surface area contributed by atoms with Crippen LogP contribution in [-0.2, 0) is 6.42 Å². The highest BCUT2D eigenvalue weighted by Crippen LogP contribution is 2.22. The first-order valence-corrected chi connectivity index (χ1v) is 5.97. The van der Waals surface area contributed by atoms with Crippen molar-refractivity contribution in [1.82, 2.24) is 25.3 Å². The molecule has 0 aromatic carbocycles. The van der Waals surface area contributed by atoms with Gasteiger partial charge >= 0.3 is 0 Å². The van der Waals surface area contributed by atoms with Crippen molar-refractivity contribution in [2.24, 2.45) is 0 Å². The highest BCUT2D eigenvalue weighted by molar-refractivity contribution is 5.31. The molecule has 3 heterocycles. The molecule has 1 N–H and O–H groups in total. The number of hydrogen-bond donors (Lipinski definition) is 1. The number of fused-ring (bicyclic) bond motifs is 1. The van der Waals surface area contributed by atoms with E-state index in [9.17, 15) is 4.39 Å². The summed E-state index contributed by atoms with van der Waals surface area (Å²) >= 11 is 0. The van der Waals surface area contributed by atoms with Crippen molar-refractivity contribution in [3.05, 3.63) is 35.0 Å². The summed E-state index contributed by atoms with van der Waals surface area (Å²) in [6.45, 7) is 4.66. The molecule has 18 heavy (non-hydrogen) atoms. The van der Waals surface area contributed by atoms with Gasteiger partial charge in [-0.2, -0.15) is 4.68 Å². The van der Waals surface area contributed by atoms with E-state index in [1.54, 1.807) is 17.7 Å². The van der Waals surface area contributed by atoms with Gasteiger partial charge in [-0.1, -0.05) is 5.21 Å². The van der Waals surface area contributed by atoms with Crippen LogP contribution in [0.2, 0.25) is 0 Å². The maximum absolute atomic E-state index is 13.2. The van der Waals surface area contributed by atoms with Crippen molar-refractivity contribution in [2.45, 2.75) is 26.3 Å². The number of pyridine rings is 1. The normalized spacial score (nSPS) is 18.7. The lowest BCUT2D eigenvalue weighted by Crippen LogP contribution is -2.28. The van der Waals surface area contributed by atoms with Gasteiger partial charge in [0.2, 0.25) is 0 Å². The summed E-state index contributed by atoms with van der Waals surface area (Å²) in [4.78, 5) is 4.08. The molecule has 2 aromatic rings. The molecule has 2 aromatic heterocycles. The van der Waals surface area contributed by atoms with Crippen LogP contribution < -0.4 is 5.32 Å². The standard InChI is InChI=1S/C12H14FN5/c1-7-5-11(15-6-9(7)13)18-10-3-4-14-8(2)12(10)16-17-18/h5-6,8,14H,3-4H2,1-2H3. The third-order valence-electron chi connectivity index (χ3n) is 3.27. The highest BCUT2D eigenvalue weighted by atomic mass is 19.1. The summed E-state index contributed by atoms with van der Waals surface area (Å²) < 4.78 is 14.9. The fraction of sp³-hybridized carbons (Fsp3) is 0.417. The van der Waals surface area contributed by atoms with E-state index in [2.05, 4.69) is 27.5 Å². The molecule has 5 nitrogen and oxygen atoms in total. The molecule has 1 atom stereocenters. The van der Waals surface area contributed by atoms with Gasteiger partial charge in [-0.05, 0) is 25.5 Å². The smallest absolute Gasteiger partial charge is 0.155 e. The summed E-state index contributed by atoms with van der Waals surface area (Å²) in [6.07, 6.45) is 2.08. The van der Waals surface area contributed by atoms with Gasteiger partial charge in [0.25, 0.3) is 0 Å². The lowest BCUT2D eigenvalue weighted by molar-refractivity contribution is 0.522. The van der Waals surface area contributed by atoms with E-state index in [1.807, 2.05) is 0 Å². The predicted octanol–water partition coefficient (Wildman–Crippen LogP) is 1.32. The van der Waals surface area contributed by atoms with Gasteiger partial charge in [0, 0.05) is 13.0 Å². The Hall–Kier alpha value is -1.82. The molecule has 6 heteroatoms. The van der Waals surface area contributed by atoms with E-state index < -0.39 is 0 Å². The first kappa shape index (κ1) is 11.3. The molecule has 0 radical (unpaired) electrons. The Kier molecular flexibility index (Phi) is 2.59. The van der Waals surface area contributed by atoms with E-state index >= 15 is 0 Å². The maximum Gasteiger partial charge on any atom is 0.155 e. The van der Waals surface area contributed by atoms with Crippen LogP contribution in [0, 0.1) is 12.7 Å². The molecule has 1 unspecified atom stereocenters. The Bertz CT molecular complexity index is 592. The van der Waals surface area contributed by atoms with Crippen LogP contribution >= 0.6 is 0 Å². The second-order valence-corrected chi connectivity index (χ2v) is 4.55. The van der Waals surface area contributed by atoms with Gasteiger partial charge in [0.05, 0.1) is 17.9 Å². The monoisotopic (exact) mass is 247 g/mol. The molecule has 1 aliphatic heterocycles. The minimum absolute atomic E-state index is 0.198. The van der Waals surface area contributed by atoms with Crippen molar-refractivity contribution in [1.29, 1.82) is 0 Å². The van der Waals surface area contributed by atoms with Gasteiger partial charge in [-0.3, -0.25) is 0 Å². The minimum atomic E-state index is -0.303. The lowest BCUT2D eigenvalue weighted by atomic mass is 10.1. The van der Waals surface area contributed by atoms with Crippen LogP contribution in [0.25, 0.3) is 5.82 Å². The van der Waals surface area contributed by atoms with Crippen molar-refractivity contribution in [2.75, 3.05) is 6.54 Å². The van der Waals surface area contributed by atoms with E-state index in [4.69, 9.17) is 0 Å². The number of nitrogens with zero attached hydrogens (tertiary/aromatic N) is 4. The van der Waals surface area contributed by atoms with Gasteiger partial charge in [0.1, 0.15) is 11.5 Å². The summed E-state index contributed by atoms with van der Waals surface area (Å²) in [5.41, 5.74) is 2.57. The van der Waals surface area contributed by atoms with Crippen LogP contribution in [0.1, 0.15) is 29.9 Å². The molecule has 3 rings (SSSR count). The largest absolute Gasteiger partial charge is 0.308 e. The Morgan fingerprint density at radius 2 is 2.33 bits per heavy atom. The molecule has 0 spiro atoms. The van der Waals surface area contributed by atoms with Crippen molar-refractivity contribution in [3.8, 4) is 5.82 Å². The molecule has 94 valence electrons. The number of rotatable bonds is 1. The molecule has 0 saturated carbocycles. The second-order valence-electron chi connectivity index (χ2n) is 4.55. The molecule has 0 bridgehead atoms. The van der Waals surface area contributed by atoms with Gasteiger partial charge in [-0.25, -0.2) is 9.37 Å². The Balaban J connectivity index is 2.09. The van der Waals surface area contributed by atoms with Crippen LogP contribution in [0.5, 0.6) is 0 Å². The Morgan fingerprint density at radius 1 is 1.50 bits per heavy atom. The van der Waals surface area contributed by atoms with E-state index in [-0.39, 0.29) is 11.9 Å². The fourth-order valence-corrected chi connectivity index (χ4v) is 2.21. The minimum Gasteiger partial charge on any atom is -0.308 e. The van der Waals surface area contributed by atoms with E-state index in [0.29, 0.717) is 11.4 Å². The predicted molar refractivity (Wildman–Crippen MR) is 64.0 cm³/mol. The van der Waals surface area contributed by atoms with Crippen LogP contribution in [0.3, 0.4) is 0 Å². The van der Waals surface area contributed by atoms with Crippen molar-refractivity contribution < 1.29 is 4.39 Å². The summed E-state index contributed by atoms with van der Waals surface area (Å²) in [7, 11) is 0. The molecule has 0 aliphatic carbocycles. The SMILES string of the molecule is Cc1cc(-n2nnc3c2CCNC3C)ncc1F. The fourth-order valence-electron chi connectivity index (χ4n) is 2.21. The number of aromatic nitrogens is 4. The summed E-state index contributed by atoms with van der Waals surface area (Å²) in [6, 6.07) is 1.89. The highest BCUT2D eigenvalue weighted by Gasteiger charge is 2.23. The number of nitrogens with one attached hydrogen (secondary N) is 1. The van der Waals surface area contributed by atoms with Gasteiger partial charge < -0.3 is 5.32 Å². The summed E-state index contributed by atoms with van der Waals surface area (Å²) in [5.74, 6) is 0.319. The lowest BCUT2D eigenvalue weighted by Gasteiger charge is -2.19. The van der Waals surface area contributed by atoms with Crippen molar-refractivity contribution >= 4 is 0 Å². The quantitative estimate of drug-likeness (QED) is 0.825.